The van der Waals surface area contributed by atoms with Crippen LogP contribution < -0.4 is 10.6 Å². The van der Waals surface area contributed by atoms with Crippen LogP contribution in [-0.4, -0.2) is 36.8 Å². The Morgan fingerprint density at radius 3 is 2.67 bits per heavy atom. The predicted octanol–water partition coefficient (Wildman–Crippen LogP) is -0.199. The molecule has 0 heterocycles. The first-order chi connectivity index (χ1) is 5.74. The zero-order valence-electron chi connectivity index (χ0n) is 7.34. The largest absolute Gasteiger partial charge is 0.480 e. The zero-order chi connectivity index (χ0) is 8.97. The van der Waals surface area contributed by atoms with E-state index in [0.29, 0.717) is 12.6 Å². The average Bonchev–Trinajstić information content (AvgIpc) is 1.93. The molecule has 0 amide bonds. The molecule has 1 saturated carbocycles. The Morgan fingerprint density at radius 2 is 2.33 bits per heavy atom. The second-order valence-corrected chi connectivity index (χ2v) is 3.22. The van der Waals surface area contributed by atoms with Crippen molar-refractivity contribution in [3.63, 3.8) is 0 Å². The van der Waals surface area contributed by atoms with E-state index in [9.17, 15) is 4.79 Å². The molecule has 70 valence electrons. The quantitative estimate of drug-likeness (QED) is 0.537. The summed E-state index contributed by atoms with van der Waals surface area (Å²) >= 11 is 0. The molecule has 1 fully saturated rings. The number of hydrogen-bond acceptors (Lipinski definition) is 3. The average molecular weight is 172 g/mol. The number of likely N-dealkylation sites (N-methyl/N-ethyl adjacent to an activating group) is 1. The van der Waals surface area contributed by atoms with Crippen molar-refractivity contribution in [3.8, 4) is 0 Å². The summed E-state index contributed by atoms with van der Waals surface area (Å²) in [5, 5.41) is 14.6. The maximum absolute atomic E-state index is 10.5. The molecular formula is C8H16N2O2. The molecule has 0 spiro atoms. The van der Waals surface area contributed by atoms with Crippen LogP contribution in [0.5, 0.6) is 0 Å². The highest BCUT2D eigenvalue weighted by Crippen LogP contribution is 2.17. The van der Waals surface area contributed by atoms with Crippen molar-refractivity contribution < 1.29 is 9.90 Å². The van der Waals surface area contributed by atoms with Crippen molar-refractivity contribution in [1.82, 2.24) is 10.6 Å². The van der Waals surface area contributed by atoms with Gasteiger partial charge in [0.15, 0.2) is 0 Å². The van der Waals surface area contributed by atoms with Crippen LogP contribution in [0.1, 0.15) is 19.3 Å². The van der Waals surface area contributed by atoms with Gasteiger partial charge in [0.05, 0.1) is 0 Å². The van der Waals surface area contributed by atoms with E-state index in [0.717, 1.165) is 0 Å². The van der Waals surface area contributed by atoms with Crippen molar-refractivity contribution in [1.29, 1.82) is 0 Å². The van der Waals surface area contributed by atoms with Crippen LogP contribution in [0, 0.1) is 0 Å². The minimum Gasteiger partial charge on any atom is -0.480 e. The first-order valence-corrected chi connectivity index (χ1v) is 4.37. The van der Waals surface area contributed by atoms with E-state index in [1.54, 1.807) is 7.05 Å². The molecule has 1 rings (SSSR count). The summed E-state index contributed by atoms with van der Waals surface area (Å²) in [6.07, 6.45) is 3.65. The van der Waals surface area contributed by atoms with Crippen molar-refractivity contribution in [3.05, 3.63) is 0 Å². The van der Waals surface area contributed by atoms with Gasteiger partial charge >= 0.3 is 5.97 Å². The highest BCUT2D eigenvalue weighted by molar-refractivity contribution is 5.73. The summed E-state index contributed by atoms with van der Waals surface area (Å²) in [4.78, 5) is 10.5. The van der Waals surface area contributed by atoms with Gasteiger partial charge in [0, 0.05) is 12.6 Å². The number of carboxylic acid groups (broad SMARTS) is 1. The third-order valence-corrected chi connectivity index (χ3v) is 2.36. The van der Waals surface area contributed by atoms with E-state index in [2.05, 4.69) is 10.6 Å². The van der Waals surface area contributed by atoms with E-state index < -0.39 is 12.0 Å². The van der Waals surface area contributed by atoms with Gasteiger partial charge in [0.2, 0.25) is 0 Å². The highest BCUT2D eigenvalue weighted by Gasteiger charge is 2.20. The Balaban J connectivity index is 2.13. The third-order valence-electron chi connectivity index (χ3n) is 2.36. The Morgan fingerprint density at radius 1 is 1.67 bits per heavy atom. The molecule has 0 aromatic heterocycles. The lowest BCUT2D eigenvalue weighted by molar-refractivity contribution is -0.139. The number of rotatable bonds is 5. The number of hydrogen-bond donors (Lipinski definition) is 3. The lowest BCUT2D eigenvalue weighted by atomic mass is 9.93. The van der Waals surface area contributed by atoms with Crippen LogP contribution in [0.3, 0.4) is 0 Å². The molecular weight excluding hydrogens is 156 g/mol. The van der Waals surface area contributed by atoms with Gasteiger partial charge in [-0.2, -0.15) is 0 Å². The van der Waals surface area contributed by atoms with Crippen molar-refractivity contribution in [2.75, 3.05) is 13.6 Å². The molecule has 1 aliphatic rings. The fourth-order valence-electron chi connectivity index (χ4n) is 1.21. The molecule has 1 atom stereocenters. The standard InChI is InChI=1S/C8H16N2O2/c1-9-7(8(11)12)5-10-6-3-2-4-6/h6-7,9-10H,2-5H2,1H3,(H,11,12). The molecule has 0 aliphatic heterocycles. The summed E-state index contributed by atoms with van der Waals surface area (Å²) in [7, 11) is 1.67. The molecule has 0 radical (unpaired) electrons. The minimum atomic E-state index is -0.788. The lowest BCUT2D eigenvalue weighted by Gasteiger charge is -2.27. The third kappa shape index (κ3) is 2.46. The highest BCUT2D eigenvalue weighted by atomic mass is 16.4. The number of carboxylic acids is 1. The second-order valence-electron chi connectivity index (χ2n) is 3.22. The number of nitrogens with one attached hydrogen (secondary N) is 2. The van der Waals surface area contributed by atoms with E-state index in [-0.39, 0.29) is 0 Å². The summed E-state index contributed by atoms with van der Waals surface area (Å²) in [5.74, 6) is -0.788. The first kappa shape index (κ1) is 9.48. The van der Waals surface area contributed by atoms with Crippen molar-refractivity contribution in [2.24, 2.45) is 0 Å². The summed E-state index contributed by atoms with van der Waals surface area (Å²) in [6, 6.07) is 0.103. The van der Waals surface area contributed by atoms with Gasteiger partial charge in [-0.3, -0.25) is 4.79 Å². The van der Waals surface area contributed by atoms with Gasteiger partial charge in [-0.15, -0.1) is 0 Å². The maximum atomic E-state index is 10.5. The van der Waals surface area contributed by atoms with Crippen LogP contribution in [0.4, 0.5) is 0 Å². The molecule has 3 N–H and O–H groups in total. The molecule has 0 bridgehead atoms. The fourth-order valence-corrected chi connectivity index (χ4v) is 1.21. The lowest BCUT2D eigenvalue weighted by Crippen LogP contribution is -2.47. The molecule has 1 unspecified atom stereocenters. The number of carbonyl (C=O) groups is 1. The Hall–Kier alpha value is -0.610. The fraction of sp³-hybridized carbons (Fsp3) is 0.875. The molecule has 4 heteroatoms. The molecule has 1 aliphatic carbocycles. The van der Waals surface area contributed by atoms with Crippen LogP contribution >= 0.6 is 0 Å². The van der Waals surface area contributed by atoms with Crippen LogP contribution in [-0.2, 0) is 4.79 Å². The smallest absolute Gasteiger partial charge is 0.322 e. The molecule has 0 saturated heterocycles. The van der Waals surface area contributed by atoms with Crippen LogP contribution in [0.25, 0.3) is 0 Å². The van der Waals surface area contributed by atoms with E-state index in [1.165, 1.54) is 19.3 Å². The van der Waals surface area contributed by atoms with Crippen LogP contribution in [0.15, 0.2) is 0 Å². The van der Waals surface area contributed by atoms with Gasteiger partial charge in [0.25, 0.3) is 0 Å². The number of aliphatic carboxylic acids is 1. The van der Waals surface area contributed by atoms with E-state index in [1.807, 2.05) is 0 Å². The molecule has 0 aromatic rings. The van der Waals surface area contributed by atoms with Crippen molar-refractivity contribution >= 4 is 5.97 Å². The van der Waals surface area contributed by atoms with Gasteiger partial charge in [-0.25, -0.2) is 0 Å². The van der Waals surface area contributed by atoms with Gasteiger partial charge in [-0.1, -0.05) is 6.42 Å². The minimum absolute atomic E-state index is 0.453. The molecule has 0 aromatic carbocycles. The maximum Gasteiger partial charge on any atom is 0.322 e. The van der Waals surface area contributed by atoms with E-state index >= 15 is 0 Å². The van der Waals surface area contributed by atoms with Gasteiger partial charge in [-0.05, 0) is 19.9 Å². The zero-order valence-corrected chi connectivity index (χ0v) is 7.34. The molecule has 12 heavy (non-hydrogen) atoms. The SMILES string of the molecule is CNC(CNC1CCC1)C(=O)O. The Labute approximate surface area is 72.3 Å². The summed E-state index contributed by atoms with van der Waals surface area (Å²) in [6.45, 7) is 0.524. The monoisotopic (exact) mass is 172 g/mol. The summed E-state index contributed by atoms with van der Waals surface area (Å²) in [5.41, 5.74) is 0. The first-order valence-electron chi connectivity index (χ1n) is 4.37. The van der Waals surface area contributed by atoms with Gasteiger partial charge in [0.1, 0.15) is 6.04 Å². The van der Waals surface area contributed by atoms with Crippen molar-refractivity contribution in [2.45, 2.75) is 31.3 Å². The van der Waals surface area contributed by atoms with E-state index in [4.69, 9.17) is 5.11 Å². The molecule has 4 nitrogen and oxygen atoms in total. The van der Waals surface area contributed by atoms with Gasteiger partial charge < -0.3 is 15.7 Å². The topological polar surface area (TPSA) is 61.4 Å². The normalized spacial score (nSPS) is 20.1. The Bertz CT molecular complexity index is 157. The second kappa shape index (κ2) is 4.42. The van der Waals surface area contributed by atoms with Crippen LogP contribution in [0.2, 0.25) is 0 Å². The Kier molecular flexibility index (Phi) is 3.49. The summed E-state index contributed by atoms with van der Waals surface area (Å²) < 4.78 is 0. The predicted molar refractivity (Wildman–Crippen MR) is 46.1 cm³/mol.